The zero-order valence-corrected chi connectivity index (χ0v) is 17.8. The molecular weight excluding hydrogens is 416 g/mol. The minimum atomic E-state index is -0.392. The summed E-state index contributed by atoms with van der Waals surface area (Å²) in [7, 11) is 0. The summed E-state index contributed by atoms with van der Waals surface area (Å²) >= 11 is 7.24. The van der Waals surface area contributed by atoms with Crippen LogP contribution in [0.5, 0.6) is 0 Å². The number of benzene rings is 2. The fraction of sp³-hybridized carbons (Fsp3) is 0.400. The van der Waals surface area contributed by atoms with Crippen LogP contribution in [-0.2, 0) is 15.9 Å². The van der Waals surface area contributed by atoms with Gasteiger partial charge in [0, 0.05) is 8.95 Å². The minimum Gasteiger partial charge on any atom is -0.360 e. The summed E-state index contributed by atoms with van der Waals surface area (Å²) in [5, 5.41) is 0. The summed E-state index contributed by atoms with van der Waals surface area (Å²) in [5.41, 5.74) is 4.00. The predicted octanol–water partition coefficient (Wildman–Crippen LogP) is 7.02. The molecule has 0 saturated carbocycles. The van der Waals surface area contributed by atoms with Gasteiger partial charge in [-0.3, -0.25) is 0 Å². The molecule has 124 valence electrons. The van der Waals surface area contributed by atoms with Crippen LogP contribution in [0.3, 0.4) is 0 Å². The van der Waals surface area contributed by atoms with E-state index in [9.17, 15) is 0 Å². The largest absolute Gasteiger partial charge is 0.360 e. The molecule has 0 heterocycles. The topological polar surface area (TPSA) is 9.23 Å². The lowest BCUT2D eigenvalue weighted by Crippen LogP contribution is -2.33. The maximum absolute atomic E-state index is 6.55. The number of hydrogen-bond donors (Lipinski definition) is 0. The van der Waals surface area contributed by atoms with Crippen molar-refractivity contribution < 1.29 is 4.74 Å². The molecule has 2 aromatic carbocycles. The molecule has 0 fully saturated rings. The Morgan fingerprint density at radius 2 is 1.04 bits per heavy atom. The molecule has 23 heavy (non-hydrogen) atoms. The fourth-order valence-electron chi connectivity index (χ4n) is 2.69. The first-order chi connectivity index (χ1) is 10.5. The Hall–Kier alpha value is -0.640. The third kappa shape index (κ3) is 4.26. The first-order valence-corrected chi connectivity index (χ1v) is 9.35. The van der Waals surface area contributed by atoms with Gasteiger partial charge in [-0.1, -0.05) is 56.1 Å². The lowest BCUT2D eigenvalue weighted by Gasteiger charge is -2.37. The molecule has 0 radical (unpaired) electrons. The number of hydrogen-bond acceptors (Lipinski definition) is 1. The maximum atomic E-state index is 6.55. The second kappa shape index (κ2) is 6.70. The van der Waals surface area contributed by atoms with E-state index in [0.717, 1.165) is 20.1 Å². The molecule has 3 heteroatoms. The summed E-state index contributed by atoms with van der Waals surface area (Å²) in [4.78, 5) is 0. The molecule has 0 atom stereocenters. The van der Waals surface area contributed by atoms with Gasteiger partial charge in [-0.2, -0.15) is 0 Å². The van der Waals surface area contributed by atoms with Crippen molar-refractivity contribution in [3.63, 3.8) is 0 Å². The van der Waals surface area contributed by atoms with Crippen LogP contribution in [0.15, 0.2) is 45.3 Å². The van der Waals surface area contributed by atoms with E-state index in [0.29, 0.717) is 0 Å². The van der Waals surface area contributed by atoms with Crippen molar-refractivity contribution in [1.82, 2.24) is 0 Å². The van der Waals surface area contributed by atoms with E-state index in [1.165, 1.54) is 11.1 Å². The molecule has 0 N–H and O–H groups in total. The molecule has 2 aromatic rings. The van der Waals surface area contributed by atoms with Crippen LogP contribution in [0.2, 0.25) is 0 Å². The van der Waals surface area contributed by atoms with Crippen molar-refractivity contribution in [2.45, 2.75) is 52.7 Å². The van der Waals surface area contributed by atoms with Gasteiger partial charge >= 0.3 is 0 Å². The SMILES string of the molecule is Cc1ccc(C(C)(C)OC(C)(C)c2ccc(C)c(Br)c2)cc1Br. The number of aryl methyl sites for hydroxylation is 2. The number of halogens is 2. The van der Waals surface area contributed by atoms with Gasteiger partial charge in [-0.15, -0.1) is 0 Å². The lowest BCUT2D eigenvalue weighted by atomic mass is 9.92. The normalized spacial score (nSPS) is 12.5. The fourth-order valence-corrected chi connectivity index (χ4v) is 3.45. The second-order valence-electron chi connectivity index (χ2n) is 7.05. The van der Waals surface area contributed by atoms with E-state index in [1.807, 2.05) is 0 Å². The zero-order chi connectivity index (χ0) is 17.4. The van der Waals surface area contributed by atoms with Crippen LogP contribution in [0.25, 0.3) is 0 Å². The standard InChI is InChI=1S/C20H24Br2O/c1-13-7-9-15(11-17(13)21)19(3,4)23-20(5,6)16-10-8-14(2)18(22)12-16/h7-12H,1-6H3. The predicted molar refractivity (Wildman–Crippen MR) is 105 cm³/mol. The van der Waals surface area contributed by atoms with Gasteiger partial charge in [-0.25, -0.2) is 0 Å². The van der Waals surface area contributed by atoms with Gasteiger partial charge in [0.2, 0.25) is 0 Å². The summed E-state index contributed by atoms with van der Waals surface area (Å²) in [6, 6.07) is 12.8. The summed E-state index contributed by atoms with van der Waals surface area (Å²) in [6.45, 7) is 12.7. The Morgan fingerprint density at radius 3 is 1.35 bits per heavy atom. The van der Waals surface area contributed by atoms with Crippen molar-refractivity contribution >= 4 is 31.9 Å². The second-order valence-corrected chi connectivity index (χ2v) is 8.76. The Bertz CT molecular complexity index is 656. The summed E-state index contributed by atoms with van der Waals surface area (Å²) in [6.07, 6.45) is 0. The van der Waals surface area contributed by atoms with E-state index < -0.39 is 11.2 Å². The first kappa shape index (κ1) is 18.7. The van der Waals surface area contributed by atoms with E-state index >= 15 is 0 Å². The quantitative estimate of drug-likeness (QED) is 0.497. The molecule has 0 aliphatic carbocycles. The van der Waals surface area contributed by atoms with Crippen LogP contribution < -0.4 is 0 Å². The molecule has 0 aliphatic heterocycles. The number of rotatable bonds is 4. The molecule has 0 spiro atoms. The van der Waals surface area contributed by atoms with Gasteiger partial charge in [0.1, 0.15) is 0 Å². The van der Waals surface area contributed by atoms with Crippen molar-refractivity contribution in [1.29, 1.82) is 0 Å². The third-order valence-corrected chi connectivity index (χ3v) is 5.95. The Balaban J connectivity index is 2.33. The van der Waals surface area contributed by atoms with Crippen LogP contribution >= 0.6 is 31.9 Å². The van der Waals surface area contributed by atoms with Gasteiger partial charge in [-0.05, 0) is 75.9 Å². The molecule has 2 rings (SSSR count). The van der Waals surface area contributed by atoms with E-state index in [-0.39, 0.29) is 0 Å². The van der Waals surface area contributed by atoms with Crippen molar-refractivity contribution in [2.24, 2.45) is 0 Å². The highest BCUT2D eigenvalue weighted by molar-refractivity contribution is 9.10. The van der Waals surface area contributed by atoms with Crippen molar-refractivity contribution in [2.75, 3.05) is 0 Å². The smallest absolute Gasteiger partial charge is 0.0887 e. The third-order valence-electron chi connectivity index (χ3n) is 4.24. The molecule has 0 unspecified atom stereocenters. The highest BCUT2D eigenvalue weighted by Crippen LogP contribution is 2.38. The average Bonchev–Trinajstić information content (AvgIpc) is 2.43. The van der Waals surface area contributed by atoms with E-state index in [4.69, 9.17) is 4.74 Å². The highest BCUT2D eigenvalue weighted by Gasteiger charge is 2.32. The number of ether oxygens (including phenoxy) is 1. The van der Waals surface area contributed by atoms with Gasteiger partial charge in [0.05, 0.1) is 11.2 Å². The Labute approximate surface area is 156 Å². The molecule has 1 nitrogen and oxygen atoms in total. The minimum absolute atomic E-state index is 0.392. The molecule has 0 amide bonds. The zero-order valence-electron chi connectivity index (χ0n) is 14.6. The van der Waals surface area contributed by atoms with Crippen LogP contribution in [0, 0.1) is 13.8 Å². The molecule has 0 aliphatic rings. The average molecular weight is 440 g/mol. The monoisotopic (exact) mass is 438 g/mol. The van der Waals surface area contributed by atoms with Crippen LogP contribution in [0.4, 0.5) is 0 Å². The van der Waals surface area contributed by atoms with Gasteiger partial charge < -0.3 is 4.74 Å². The lowest BCUT2D eigenvalue weighted by molar-refractivity contribution is -0.132. The molecule has 0 aromatic heterocycles. The van der Waals surface area contributed by atoms with Crippen molar-refractivity contribution in [3.8, 4) is 0 Å². The van der Waals surface area contributed by atoms with Crippen LogP contribution in [-0.4, -0.2) is 0 Å². The Morgan fingerprint density at radius 1 is 0.696 bits per heavy atom. The Kier molecular flexibility index (Phi) is 5.44. The summed E-state index contributed by atoms with van der Waals surface area (Å²) in [5.74, 6) is 0. The molecule has 0 bridgehead atoms. The first-order valence-electron chi connectivity index (χ1n) is 7.76. The van der Waals surface area contributed by atoms with Crippen LogP contribution in [0.1, 0.15) is 49.9 Å². The summed E-state index contributed by atoms with van der Waals surface area (Å²) < 4.78 is 8.77. The maximum Gasteiger partial charge on any atom is 0.0887 e. The van der Waals surface area contributed by atoms with Crippen molar-refractivity contribution in [3.05, 3.63) is 67.6 Å². The van der Waals surface area contributed by atoms with Gasteiger partial charge in [0.15, 0.2) is 0 Å². The van der Waals surface area contributed by atoms with Gasteiger partial charge in [0.25, 0.3) is 0 Å². The van der Waals surface area contributed by atoms with E-state index in [1.54, 1.807) is 0 Å². The molecule has 0 saturated heterocycles. The molecular formula is C20H24Br2O. The van der Waals surface area contributed by atoms with E-state index in [2.05, 4.69) is 110 Å². The highest BCUT2D eigenvalue weighted by atomic mass is 79.9.